The first-order valence-corrected chi connectivity index (χ1v) is 8.11. The molecule has 4 bridgehead atoms. The van der Waals surface area contributed by atoms with E-state index in [0.717, 1.165) is 29.5 Å². The van der Waals surface area contributed by atoms with E-state index in [1.165, 1.54) is 37.8 Å². The third-order valence-corrected chi connectivity index (χ3v) is 5.93. The number of nitrogens with two attached hydrogens (primary N) is 1. The molecule has 0 aromatic carbocycles. The van der Waals surface area contributed by atoms with Crippen LogP contribution in [0.1, 0.15) is 43.8 Å². The highest BCUT2D eigenvalue weighted by molar-refractivity contribution is 5.38. The maximum absolute atomic E-state index is 5.98. The van der Waals surface area contributed by atoms with Crippen LogP contribution in [0.2, 0.25) is 0 Å². The van der Waals surface area contributed by atoms with Crippen LogP contribution in [0.5, 0.6) is 0 Å². The van der Waals surface area contributed by atoms with Crippen molar-refractivity contribution in [3.8, 4) is 0 Å². The Hall–Kier alpha value is -1.03. The van der Waals surface area contributed by atoms with Gasteiger partial charge < -0.3 is 10.6 Å². The van der Waals surface area contributed by atoms with Gasteiger partial charge in [0.15, 0.2) is 0 Å². The minimum atomic E-state index is 0.601. The van der Waals surface area contributed by atoms with Crippen LogP contribution in [0.25, 0.3) is 0 Å². The molecule has 4 nitrogen and oxygen atoms in total. The fraction of sp³-hybridized carbons (Fsp3) is 0.812. The zero-order chi connectivity index (χ0) is 13.9. The minimum absolute atomic E-state index is 0.601. The van der Waals surface area contributed by atoms with E-state index in [9.17, 15) is 0 Å². The topological polar surface area (TPSA) is 47.1 Å². The lowest BCUT2D eigenvalue weighted by molar-refractivity contribution is -0.0345. The highest BCUT2D eigenvalue weighted by Gasteiger charge is 2.49. The third-order valence-electron chi connectivity index (χ3n) is 5.93. The summed E-state index contributed by atoms with van der Waals surface area (Å²) >= 11 is 0. The Bertz CT molecular complexity index is 477. The van der Waals surface area contributed by atoms with Gasteiger partial charge in [-0.15, -0.1) is 0 Å². The second kappa shape index (κ2) is 4.48. The first-order valence-electron chi connectivity index (χ1n) is 8.11. The van der Waals surface area contributed by atoms with Crippen molar-refractivity contribution in [2.75, 3.05) is 19.0 Å². The molecule has 1 aromatic heterocycles. The summed E-state index contributed by atoms with van der Waals surface area (Å²) in [6, 6.07) is 2.79. The molecule has 4 aliphatic carbocycles. The Kier molecular flexibility index (Phi) is 2.85. The van der Waals surface area contributed by atoms with Crippen LogP contribution in [0, 0.1) is 23.7 Å². The summed E-state index contributed by atoms with van der Waals surface area (Å²) < 4.78 is 2.31. The molecule has 5 rings (SSSR count). The van der Waals surface area contributed by atoms with Gasteiger partial charge >= 0.3 is 0 Å². The Morgan fingerprint density at radius 1 is 1.15 bits per heavy atom. The van der Waals surface area contributed by atoms with Gasteiger partial charge in [-0.2, -0.15) is 5.10 Å². The van der Waals surface area contributed by atoms with Gasteiger partial charge in [-0.25, -0.2) is 0 Å². The van der Waals surface area contributed by atoms with Crippen molar-refractivity contribution >= 4 is 5.82 Å². The molecule has 0 amide bonds. The number of anilines is 1. The van der Waals surface area contributed by atoms with Gasteiger partial charge in [-0.1, -0.05) is 0 Å². The van der Waals surface area contributed by atoms with Crippen molar-refractivity contribution in [2.45, 2.75) is 44.7 Å². The van der Waals surface area contributed by atoms with Crippen LogP contribution < -0.4 is 10.6 Å². The molecule has 4 aliphatic rings. The van der Waals surface area contributed by atoms with Crippen LogP contribution in [-0.2, 0) is 6.54 Å². The first-order chi connectivity index (χ1) is 9.65. The van der Waals surface area contributed by atoms with Gasteiger partial charge in [0.25, 0.3) is 0 Å². The van der Waals surface area contributed by atoms with E-state index in [-0.39, 0.29) is 0 Å². The summed E-state index contributed by atoms with van der Waals surface area (Å²) in [6.45, 7) is 0.601. The summed E-state index contributed by atoms with van der Waals surface area (Å²) in [5.41, 5.74) is 7.19. The van der Waals surface area contributed by atoms with E-state index >= 15 is 0 Å². The molecule has 0 unspecified atom stereocenters. The molecule has 0 aliphatic heterocycles. The maximum Gasteiger partial charge on any atom is 0.150 e. The van der Waals surface area contributed by atoms with Gasteiger partial charge in [0.1, 0.15) is 5.82 Å². The second-order valence-corrected chi connectivity index (χ2v) is 7.46. The minimum Gasteiger partial charge on any atom is -0.361 e. The molecule has 4 saturated carbocycles. The van der Waals surface area contributed by atoms with E-state index in [4.69, 9.17) is 10.8 Å². The fourth-order valence-electron chi connectivity index (χ4n) is 5.34. The zero-order valence-electron chi connectivity index (χ0n) is 12.6. The van der Waals surface area contributed by atoms with E-state index in [2.05, 4.69) is 29.7 Å². The number of aromatic nitrogens is 2. The number of hydrogen-bond donors (Lipinski definition) is 1. The molecule has 20 heavy (non-hydrogen) atoms. The van der Waals surface area contributed by atoms with Crippen molar-refractivity contribution in [1.29, 1.82) is 0 Å². The highest BCUT2D eigenvalue weighted by atomic mass is 15.4. The standard InChI is InChI=1S/C16H26N4/c1-19(2)15-8-14(9-17)20(18-15)16-12-4-10-3-11(6-12)7-13(16)5-10/h8,10-13,16H,3-7,9,17H2,1-2H3. The van der Waals surface area contributed by atoms with Crippen LogP contribution in [0.4, 0.5) is 5.82 Å². The molecular formula is C16H26N4. The quantitative estimate of drug-likeness (QED) is 0.920. The Morgan fingerprint density at radius 2 is 1.75 bits per heavy atom. The Balaban J connectivity index is 1.70. The SMILES string of the molecule is CN(C)c1cc(CN)n(C2C3CC4CC(C3)CC2C4)n1. The lowest BCUT2D eigenvalue weighted by atomic mass is 9.54. The van der Waals surface area contributed by atoms with Crippen molar-refractivity contribution in [3.05, 3.63) is 11.8 Å². The maximum atomic E-state index is 5.98. The Morgan fingerprint density at radius 3 is 2.25 bits per heavy atom. The molecule has 0 saturated heterocycles. The van der Waals surface area contributed by atoms with Crippen LogP contribution in [0.15, 0.2) is 6.07 Å². The predicted molar refractivity (Wildman–Crippen MR) is 80.5 cm³/mol. The molecule has 1 heterocycles. The van der Waals surface area contributed by atoms with Crippen LogP contribution in [0.3, 0.4) is 0 Å². The first kappa shape index (κ1) is 12.7. The largest absolute Gasteiger partial charge is 0.361 e. The van der Waals surface area contributed by atoms with E-state index < -0.39 is 0 Å². The van der Waals surface area contributed by atoms with E-state index in [0.29, 0.717) is 12.6 Å². The van der Waals surface area contributed by atoms with Gasteiger partial charge in [0, 0.05) is 26.7 Å². The summed E-state index contributed by atoms with van der Waals surface area (Å²) in [5, 5.41) is 4.89. The van der Waals surface area contributed by atoms with Crippen molar-refractivity contribution in [2.24, 2.45) is 29.4 Å². The summed E-state index contributed by atoms with van der Waals surface area (Å²) in [4.78, 5) is 2.09. The van der Waals surface area contributed by atoms with Crippen LogP contribution in [-0.4, -0.2) is 23.9 Å². The molecule has 1 aromatic rings. The molecular weight excluding hydrogens is 248 g/mol. The Labute approximate surface area is 121 Å². The fourth-order valence-corrected chi connectivity index (χ4v) is 5.34. The molecule has 4 fully saturated rings. The van der Waals surface area contributed by atoms with Crippen molar-refractivity contribution in [3.63, 3.8) is 0 Å². The van der Waals surface area contributed by atoms with Gasteiger partial charge in [-0.05, 0) is 55.8 Å². The second-order valence-electron chi connectivity index (χ2n) is 7.46. The van der Waals surface area contributed by atoms with E-state index in [1.54, 1.807) is 0 Å². The molecule has 0 spiro atoms. The summed E-state index contributed by atoms with van der Waals surface area (Å²) in [5.74, 6) is 4.79. The lowest BCUT2D eigenvalue weighted by Gasteiger charge is -2.54. The average molecular weight is 274 g/mol. The van der Waals surface area contributed by atoms with E-state index in [1.807, 2.05) is 0 Å². The summed E-state index contributed by atoms with van der Waals surface area (Å²) in [6.07, 6.45) is 7.22. The third kappa shape index (κ3) is 1.80. The van der Waals surface area contributed by atoms with Gasteiger partial charge in [0.05, 0.1) is 11.7 Å². The van der Waals surface area contributed by atoms with Crippen molar-refractivity contribution < 1.29 is 0 Å². The normalized spacial score (nSPS) is 38.5. The summed E-state index contributed by atoms with van der Waals surface area (Å²) in [7, 11) is 4.12. The number of rotatable bonds is 3. The van der Waals surface area contributed by atoms with Gasteiger partial charge in [-0.3, -0.25) is 4.68 Å². The van der Waals surface area contributed by atoms with Crippen molar-refractivity contribution in [1.82, 2.24) is 9.78 Å². The molecule has 2 N–H and O–H groups in total. The lowest BCUT2D eigenvalue weighted by Crippen LogP contribution is -2.46. The smallest absolute Gasteiger partial charge is 0.150 e. The van der Waals surface area contributed by atoms with Gasteiger partial charge in [0.2, 0.25) is 0 Å². The molecule has 110 valence electrons. The molecule has 0 radical (unpaired) electrons. The van der Waals surface area contributed by atoms with Crippen LogP contribution >= 0.6 is 0 Å². The number of hydrogen-bond acceptors (Lipinski definition) is 3. The number of nitrogens with zero attached hydrogens (tertiary/aromatic N) is 3. The predicted octanol–water partition coefficient (Wildman–Crippen LogP) is 2.41. The molecule has 0 atom stereocenters. The molecule has 4 heteroatoms. The highest BCUT2D eigenvalue weighted by Crippen LogP contribution is 2.58. The zero-order valence-corrected chi connectivity index (χ0v) is 12.6. The average Bonchev–Trinajstić information content (AvgIpc) is 2.81. The monoisotopic (exact) mass is 274 g/mol.